The molecule has 1 aliphatic carbocycles. The summed E-state index contributed by atoms with van der Waals surface area (Å²) >= 11 is 6.05. The van der Waals surface area contributed by atoms with Gasteiger partial charge in [0.1, 0.15) is 5.75 Å². The number of ether oxygens (including phenoxy) is 1. The van der Waals surface area contributed by atoms with Crippen LogP contribution in [0, 0.1) is 5.92 Å². The number of methoxy groups -OCH3 is 1. The highest BCUT2D eigenvalue weighted by Gasteiger charge is 2.24. The molecule has 1 aromatic carbocycles. The van der Waals surface area contributed by atoms with Gasteiger partial charge in [-0.05, 0) is 43.4 Å². The van der Waals surface area contributed by atoms with Crippen molar-refractivity contribution in [1.29, 1.82) is 0 Å². The Kier molecular flexibility index (Phi) is 4.07. The molecule has 0 spiro atoms. The topological polar surface area (TPSA) is 64.4 Å². The number of amides is 1. The normalized spacial score (nSPS) is 17.0. The molecule has 1 N–H and O–H groups in total. The largest absolute Gasteiger partial charge is 0.495 e. The molecule has 116 valence electrons. The van der Waals surface area contributed by atoms with Crippen LogP contribution in [0.25, 0.3) is 0 Å². The Morgan fingerprint density at radius 2 is 2.32 bits per heavy atom. The van der Waals surface area contributed by atoms with Crippen LogP contribution in [-0.2, 0) is 12.8 Å². The molecule has 3 rings (SSSR count). The van der Waals surface area contributed by atoms with Crippen molar-refractivity contribution in [3.63, 3.8) is 0 Å². The molecule has 1 amide bonds. The summed E-state index contributed by atoms with van der Waals surface area (Å²) in [5.74, 6) is 1.27. The third-order valence-corrected chi connectivity index (χ3v) is 4.23. The first-order valence-electron chi connectivity index (χ1n) is 7.20. The number of halogens is 1. The molecule has 1 aliphatic rings. The minimum atomic E-state index is -0.276. The van der Waals surface area contributed by atoms with E-state index in [1.54, 1.807) is 18.2 Å². The van der Waals surface area contributed by atoms with Crippen molar-refractivity contribution in [2.75, 3.05) is 12.4 Å². The first kappa shape index (κ1) is 14.9. The van der Waals surface area contributed by atoms with Gasteiger partial charge in [0.2, 0.25) is 5.88 Å². The molecule has 0 bridgehead atoms. The number of carbonyl (C=O) groups is 1. The van der Waals surface area contributed by atoms with Crippen LogP contribution in [0.5, 0.6) is 5.75 Å². The van der Waals surface area contributed by atoms with Gasteiger partial charge >= 0.3 is 0 Å². The Morgan fingerprint density at radius 1 is 1.50 bits per heavy atom. The molecule has 1 atom stereocenters. The lowest BCUT2D eigenvalue weighted by Gasteiger charge is -2.16. The Labute approximate surface area is 133 Å². The van der Waals surface area contributed by atoms with Gasteiger partial charge in [-0.3, -0.25) is 10.1 Å². The third-order valence-electron chi connectivity index (χ3n) is 3.94. The molecule has 5 nitrogen and oxygen atoms in total. The summed E-state index contributed by atoms with van der Waals surface area (Å²) in [6.07, 6.45) is 2.86. The van der Waals surface area contributed by atoms with E-state index in [0.717, 1.165) is 30.5 Å². The van der Waals surface area contributed by atoms with Gasteiger partial charge < -0.3 is 9.26 Å². The molecule has 6 heteroatoms. The first-order chi connectivity index (χ1) is 10.6. The van der Waals surface area contributed by atoms with Crippen molar-refractivity contribution in [2.24, 2.45) is 5.92 Å². The Hall–Kier alpha value is -2.01. The summed E-state index contributed by atoms with van der Waals surface area (Å²) < 4.78 is 10.4. The zero-order valence-corrected chi connectivity index (χ0v) is 13.2. The van der Waals surface area contributed by atoms with E-state index >= 15 is 0 Å². The average Bonchev–Trinajstić information content (AvgIpc) is 2.89. The lowest BCUT2D eigenvalue weighted by molar-refractivity contribution is 0.102. The summed E-state index contributed by atoms with van der Waals surface area (Å²) in [5, 5.41) is 7.22. The van der Waals surface area contributed by atoms with Crippen molar-refractivity contribution in [1.82, 2.24) is 5.16 Å². The molecule has 1 heterocycles. The Balaban J connectivity index is 1.80. The van der Waals surface area contributed by atoms with Crippen LogP contribution >= 0.6 is 11.6 Å². The number of hydrogen-bond acceptors (Lipinski definition) is 4. The quantitative estimate of drug-likeness (QED) is 0.936. The van der Waals surface area contributed by atoms with Crippen molar-refractivity contribution < 1.29 is 14.1 Å². The zero-order chi connectivity index (χ0) is 15.7. The number of nitrogens with one attached hydrogen (secondary N) is 1. The molecule has 0 fully saturated rings. The third kappa shape index (κ3) is 2.81. The van der Waals surface area contributed by atoms with Gasteiger partial charge in [-0.15, -0.1) is 0 Å². The van der Waals surface area contributed by atoms with Gasteiger partial charge in [-0.25, -0.2) is 0 Å². The second-order valence-electron chi connectivity index (χ2n) is 5.59. The van der Waals surface area contributed by atoms with Gasteiger partial charge in [0, 0.05) is 11.1 Å². The van der Waals surface area contributed by atoms with Crippen LogP contribution in [0.15, 0.2) is 22.7 Å². The van der Waals surface area contributed by atoms with E-state index in [2.05, 4.69) is 17.4 Å². The van der Waals surface area contributed by atoms with Crippen LogP contribution in [-0.4, -0.2) is 18.2 Å². The van der Waals surface area contributed by atoms with Crippen LogP contribution in [0.4, 0.5) is 5.88 Å². The first-order valence-corrected chi connectivity index (χ1v) is 7.58. The minimum Gasteiger partial charge on any atom is -0.495 e. The molecule has 0 unspecified atom stereocenters. The molecule has 1 aromatic heterocycles. The van der Waals surface area contributed by atoms with Crippen molar-refractivity contribution in [3.8, 4) is 5.75 Å². The van der Waals surface area contributed by atoms with E-state index in [4.69, 9.17) is 20.9 Å². The second kappa shape index (κ2) is 6.01. The minimum absolute atomic E-state index is 0.276. The van der Waals surface area contributed by atoms with E-state index in [1.807, 2.05) is 0 Å². The highest BCUT2D eigenvalue weighted by Crippen LogP contribution is 2.31. The molecule has 0 saturated heterocycles. The molecule has 0 radical (unpaired) electrons. The van der Waals surface area contributed by atoms with Crippen LogP contribution in [0.2, 0.25) is 5.02 Å². The molecule has 22 heavy (non-hydrogen) atoms. The fourth-order valence-electron chi connectivity index (χ4n) is 2.66. The van der Waals surface area contributed by atoms with Crippen LogP contribution in [0.3, 0.4) is 0 Å². The number of nitrogens with zero attached hydrogens (tertiary/aromatic N) is 1. The van der Waals surface area contributed by atoms with Crippen molar-refractivity contribution in [2.45, 2.75) is 26.2 Å². The van der Waals surface area contributed by atoms with Gasteiger partial charge in [0.05, 0.1) is 17.8 Å². The number of hydrogen-bond donors (Lipinski definition) is 1. The van der Waals surface area contributed by atoms with Crippen LogP contribution < -0.4 is 10.1 Å². The maximum Gasteiger partial charge on any atom is 0.258 e. The van der Waals surface area contributed by atoms with Gasteiger partial charge in [-0.2, -0.15) is 0 Å². The molecular formula is C16H17ClN2O3. The number of anilines is 1. The van der Waals surface area contributed by atoms with Gasteiger partial charge in [0.25, 0.3) is 5.91 Å². The number of aryl methyl sites for hydroxylation is 1. The van der Waals surface area contributed by atoms with Gasteiger partial charge in [-0.1, -0.05) is 23.7 Å². The summed E-state index contributed by atoms with van der Waals surface area (Å²) in [6.45, 7) is 2.19. The lowest BCUT2D eigenvalue weighted by atomic mass is 9.89. The summed E-state index contributed by atoms with van der Waals surface area (Å²) in [7, 11) is 1.53. The number of aromatic nitrogens is 1. The van der Waals surface area contributed by atoms with E-state index < -0.39 is 0 Å². The number of rotatable bonds is 3. The smallest absolute Gasteiger partial charge is 0.258 e. The number of carbonyl (C=O) groups excluding carboxylic acids is 1. The highest BCUT2D eigenvalue weighted by molar-refractivity contribution is 6.32. The van der Waals surface area contributed by atoms with Crippen molar-refractivity contribution in [3.05, 3.63) is 40.0 Å². The SMILES string of the molecule is COc1ccc(C(=O)Nc2onc3c2C[C@H](C)CC3)cc1Cl. The fraction of sp³-hybridized carbons (Fsp3) is 0.375. The van der Waals surface area contributed by atoms with E-state index in [0.29, 0.717) is 28.1 Å². The summed E-state index contributed by atoms with van der Waals surface area (Å²) in [6, 6.07) is 4.89. The van der Waals surface area contributed by atoms with Gasteiger partial charge in [0.15, 0.2) is 0 Å². The fourth-order valence-corrected chi connectivity index (χ4v) is 2.92. The monoisotopic (exact) mass is 320 g/mol. The van der Waals surface area contributed by atoms with E-state index in [-0.39, 0.29) is 5.91 Å². The molecule has 0 saturated carbocycles. The predicted octanol–water partition coefficient (Wildman–Crippen LogP) is 3.71. The standard InChI is InChI=1S/C16H17ClN2O3/c1-9-3-5-13-11(7-9)16(22-19-13)18-15(20)10-4-6-14(21-2)12(17)8-10/h4,6,8-9H,3,5,7H2,1-2H3,(H,18,20)/t9-/m1/s1. The maximum absolute atomic E-state index is 12.3. The Morgan fingerprint density at radius 3 is 3.05 bits per heavy atom. The molecule has 0 aliphatic heterocycles. The lowest BCUT2D eigenvalue weighted by Crippen LogP contribution is -2.15. The second-order valence-corrected chi connectivity index (χ2v) is 6.00. The number of fused-ring (bicyclic) bond motifs is 1. The maximum atomic E-state index is 12.3. The zero-order valence-electron chi connectivity index (χ0n) is 12.5. The summed E-state index contributed by atoms with van der Waals surface area (Å²) in [4.78, 5) is 12.3. The van der Waals surface area contributed by atoms with E-state index in [9.17, 15) is 4.79 Å². The van der Waals surface area contributed by atoms with Crippen LogP contribution in [0.1, 0.15) is 35.0 Å². The molecule has 2 aromatic rings. The number of benzene rings is 1. The predicted molar refractivity (Wildman–Crippen MR) is 83.6 cm³/mol. The average molecular weight is 321 g/mol. The summed E-state index contributed by atoms with van der Waals surface area (Å²) in [5.41, 5.74) is 2.40. The highest BCUT2D eigenvalue weighted by atomic mass is 35.5. The molecular weight excluding hydrogens is 304 g/mol. The van der Waals surface area contributed by atoms with E-state index in [1.165, 1.54) is 7.11 Å². The van der Waals surface area contributed by atoms with Crippen molar-refractivity contribution >= 4 is 23.4 Å². The Bertz CT molecular complexity index is 711.